The van der Waals surface area contributed by atoms with Gasteiger partial charge in [0.2, 0.25) is 15.9 Å². The van der Waals surface area contributed by atoms with Crippen molar-refractivity contribution in [1.82, 2.24) is 19.6 Å². The highest BCUT2D eigenvalue weighted by Crippen LogP contribution is 2.19. The number of hydrogen-bond acceptors (Lipinski definition) is 5. The van der Waals surface area contributed by atoms with Gasteiger partial charge in [0.25, 0.3) is 0 Å². The molecule has 0 unspecified atom stereocenters. The van der Waals surface area contributed by atoms with Gasteiger partial charge in [0.05, 0.1) is 23.7 Å². The molecule has 1 aromatic heterocycles. The van der Waals surface area contributed by atoms with E-state index in [-0.39, 0.29) is 17.3 Å². The Morgan fingerprint density at radius 3 is 2.91 bits per heavy atom. The molecule has 2 heterocycles. The molecule has 1 aliphatic heterocycles. The van der Waals surface area contributed by atoms with Crippen LogP contribution in [0.2, 0.25) is 5.02 Å². The van der Waals surface area contributed by atoms with Gasteiger partial charge in [-0.1, -0.05) is 17.7 Å². The van der Waals surface area contributed by atoms with Gasteiger partial charge < -0.3 is 4.90 Å². The molecule has 1 aliphatic rings. The minimum Gasteiger partial charge on any atom is -0.331 e. The fourth-order valence-electron chi connectivity index (χ4n) is 2.26. The van der Waals surface area contributed by atoms with Gasteiger partial charge in [0, 0.05) is 23.3 Å². The SMILES string of the molecule is O=C(CNS(=O)(=O)c1cccc(Cl)c1)N1Cc2cncnc2C1. The van der Waals surface area contributed by atoms with Crippen molar-refractivity contribution in [3.05, 3.63) is 53.1 Å². The minimum atomic E-state index is -3.78. The molecule has 0 bridgehead atoms. The Hall–Kier alpha value is -2.03. The van der Waals surface area contributed by atoms with E-state index in [1.165, 1.54) is 29.4 Å². The number of hydrogen-bond donors (Lipinski definition) is 1. The molecule has 3 rings (SSSR count). The Labute approximate surface area is 138 Å². The van der Waals surface area contributed by atoms with E-state index in [0.717, 1.165) is 11.3 Å². The number of aromatic nitrogens is 2. The highest BCUT2D eigenvalue weighted by atomic mass is 35.5. The molecule has 0 fully saturated rings. The predicted octanol–water partition coefficient (Wildman–Crippen LogP) is 0.951. The van der Waals surface area contributed by atoms with E-state index in [1.807, 2.05) is 0 Å². The van der Waals surface area contributed by atoms with Crippen LogP contribution in [-0.2, 0) is 27.9 Å². The monoisotopic (exact) mass is 352 g/mol. The Balaban J connectivity index is 1.64. The van der Waals surface area contributed by atoms with Crippen LogP contribution in [-0.4, -0.2) is 35.7 Å². The molecule has 7 nitrogen and oxygen atoms in total. The quantitative estimate of drug-likeness (QED) is 0.884. The lowest BCUT2D eigenvalue weighted by Crippen LogP contribution is -2.37. The van der Waals surface area contributed by atoms with Gasteiger partial charge in [0.1, 0.15) is 6.33 Å². The summed E-state index contributed by atoms with van der Waals surface area (Å²) >= 11 is 5.79. The number of nitrogens with one attached hydrogen (secondary N) is 1. The van der Waals surface area contributed by atoms with Crippen LogP contribution >= 0.6 is 11.6 Å². The first-order chi connectivity index (χ1) is 11.0. The number of sulfonamides is 1. The molecule has 2 aromatic rings. The molecule has 0 spiro atoms. The van der Waals surface area contributed by atoms with E-state index in [0.29, 0.717) is 18.1 Å². The summed E-state index contributed by atoms with van der Waals surface area (Å²) in [5.74, 6) is -0.325. The molecule has 1 aromatic carbocycles. The van der Waals surface area contributed by atoms with Crippen molar-refractivity contribution in [2.24, 2.45) is 0 Å². The number of fused-ring (bicyclic) bond motifs is 1. The van der Waals surface area contributed by atoms with Crippen LogP contribution in [0, 0.1) is 0 Å². The summed E-state index contributed by atoms with van der Waals surface area (Å²) in [7, 11) is -3.78. The van der Waals surface area contributed by atoms with Crippen molar-refractivity contribution in [2.45, 2.75) is 18.0 Å². The summed E-state index contributed by atoms with van der Waals surface area (Å²) in [5, 5.41) is 0.313. The van der Waals surface area contributed by atoms with E-state index < -0.39 is 10.0 Å². The second kappa shape index (κ2) is 6.23. The van der Waals surface area contributed by atoms with Crippen LogP contribution in [0.15, 0.2) is 41.7 Å². The smallest absolute Gasteiger partial charge is 0.241 e. The average molecular weight is 353 g/mol. The van der Waals surface area contributed by atoms with Gasteiger partial charge in [0.15, 0.2) is 0 Å². The first-order valence-electron chi connectivity index (χ1n) is 6.76. The van der Waals surface area contributed by atoms with Gasteiger partial charge in [-0.25, -0.2) is 23.1 Å². The van der Waals surface area contributed by atoms with Crippen LogP contribution in [0.5, 0.6) is 0 Å². The fourth-order valence-corrected chi connectivity index (χ4v) is 3.54. The maximum absolute atomic E-state index is 12.2. The minimum absolute atomic E-state index is 0.0216. The van der Waals surface area contributed by atoms with Crippen LogP contribution < -0.4 is 4.72 Å². The first-order valence-corrected chi connectivity index (χ1v) is 8.62. The molecular formula is C14H13ClN4O3S. The maximum atomic E-state index is 12.2. The van der Waals surface area contributed by atoms with Gasteiger partial charge in [-0.3, -0.25) is 4.79 Å². The summed E-state index contributed by atoms with van der Waals surface area (Å²) in [4.78, 5) is 21.7. The van der Waals surface area contributed by atoms with Crippen molar-refractivity contribution >= 4 is 27.5 Å². The van der Waals surface area contributed by atoms with Gasteiger partial charge >= 0.3 is 0 Å². The third kappa shape index (κ3) is 3.49. The Morgan fingerprint density at radius 1 is 1.35 bits per heavy atom. The summed E-state index contributed by atoms with van der Waals surface area (Å²) in [6.45, 7) is 0.416. The largest absolute Gasteiger partial charge is 0.331 e. The molecule has 0 atom stereocenters. The third-order valence-corrected chi connectivity index (χ3v) is 5.09. The number of benzene rings is 1. The highest BCUT2D eigenvalue weighted by Gasteiger charge is 2.25. The van der Waals surface area contributed by atoms with Gasteiger partial charge in [-0.05, 0) is 18.2 Å². The van der Waals surface area contributed by atoms with E-state index in [2.05, 4.69) is 14.7 Å². The molecule has 1 amide bonds. The molecule has 1 N–H and O–H groups in total. The number of carbonyl (C=O) groups is 1. The first kappa shape index (κ1) is 15.9. The van der Waals surface area contributed by atoms with E-state index in [4.69, 9.17) is 11.6 Å². The van der Waals surface area contributed by atoms with Crippen molar-refractivity contribution in [2.75, 3.05) is 6.54 Å². The molecule has 0 saturated heterocycles. The summed E-state index contributed by atoms with van der Waals surface area (Å²) in [5.41, 5.74) is 1.66. The van der Waals surface area contributed by atoms with Crippen LogP contribution in [0.4, 0.5) is 0 Å². The lowest BCUT2D eigenvalue weighted by Gasteiger charge is -2.15. The third-order valence-electron chi connectivity index (χ3n) is 3.46. The van der Waals surface area contributed by atoms with Crippen molar-refractivity contribution in [3.63, 3.8) is 0 Å². The molecule has 0 aliphatic carbocycles. The van der Waals surface area contributed by atoms with Crippen LogP contribution in [0.25, 0.3) is 0 Å². The van der Waals surface area contributed by atoms with Crippen LogP contribution in [0.3, 0.4) is 0 Å². The number of amides is 1. The zero-order valence-corrected chi connectivity index (χ0v) is 13.5. The molecular weight excluding hydrogens is 340 g/mol. The normalized spacial score (nSPS) is 13.9. The predicted molar refractivity (Wildman–Crippen MR) is 82.9 cm³/mol. The average Bonchev–Trinajstić information content (AvgIpc) is 2.97. The summed E-state index contributed by atoms with van der Waals surface area (Å²) in [6.07, 6.45) is 3.08. The second-order valence-electron chi connectivity index (χ2n) is 5.03. The molecule has 9 heteroatoms. The Bertz CT molecular complexity index is 832. The topological polar surface area (TPSA) is 92.3 Å². The fraction of sp³-hybridized carbons (Fsp3) is 0.214. The summed E-state index contributed by atoms with van der Waals surface area (Å²) in [6, 6.07) is 5.86. The summed E-state index contributed by atoms with van der Waals surface area (Å²) < 4.78 is 26.6. The molecule has 120 valence electrons. The van der Waals surface area contributed by atoms with E-state index in [1.54, 1.807) is 12.3 Å². The molecule has 0 saturated carbocycles. The molecule has 23 heavy (non-hydrogen) atoms. The maximum Gasteiger partial charge on any atom is 0.241 e. The Morgan fingerprint density at radius 2 is 2.17 bits per heavy atom. The van der Waals surface area contributed by atoms with Crippen molar-refractivity contribution in [3.8, 4) is 0 Å². The van der Waals surface area contributed by atoms with Gasteiger partial charge in [-0.15, -0.1) is 0 Å². The highest BCUT2D eigenvalue weighted by molar-refractivity contribution is 7.89. The van der Waals surface area contributed by atoms with Crippen molar-refractivity contribution in [1.29, 1.82) is 0 Å². The van der Waals surface area contributed by atoms with Crippen molar-refractivity contribution < 1.29 is 13.2 Å². The number of rotatable bonds is 4. The second-order valence-corrected chi connectivity index (χ2v) is 7.23. The zero-order chi connectivity index (χ0) is 16.4. The standard InChI is InChI=1S/C14H13ClN4O3S/c15-11-2-1-3-12(4-11)23(21,22)18-6-14(20)19-7-10-5-16-9-17-13(10)8-19/h1-5,9,18H,6-8H2. The van der Waals surface area contributed by atoms with E-state index in [9.17, 15) is 13.2 Å². The Kier molecular flexibility index (Phi) is 4.29. The van der Waals surface area contributed by atoms with Gasteiger partial charge in [-0.2, -0.15) is 0 Å². The van der Waals surface area contributed by atoms with Crippen LogP contribution in [0.1, 0.15) is 11.3 Å². The number of nitrogens with zero attached hydrogens (tertiary/aromatic N) is 3. The molecule has 0 radical (unpaired) electrons. The van der Waals surface area contributed by atoms with E-state index >= 15 is 0 Å². The lowest BCUT2D eigenvalue weighted by molar-refractivity contribution is -0.130. The number of carbonyl (C=O) groups excluding carboxylic acids is 1. The zero-order valence-electron chi connectivity index (χ0n) is 11.9. The lowest BCUT2D eigenvalue weighted by atomic mass is 10.3. The number of halogens is 1.